The van der Waals surface area contributed by atoms with Crippen LogP contribution < -0.4 is 0 Å². The number of halogens is 6. The number of sulfone groups is 1. The molecule has 0 N–H and O–H groups in total. The SMILES string of the molecule is O=S(=O)(c1ccc(-c2ccc(Cl)cc2Cl)cc1F)c1ccc(-c2ccc(Cl)cc2Cl)cc1F. The van der Waals surface area contributed by atoms with Crippen molar-refractivity contribution in [1.82, 2.24) is 0 Å². The average molecular weight is 544 g/mol. The van der Waals surface area contributed by atoms with Crippen LogP contribution in [0.2, 0.25) is 20.1 Å². The van der Waals surface area contributed by atoms with Gasteiger partial charge in [-0.2, -0.15) is 0 Å². The van der Waals surface area contributed by atoms with E-state index in [1.54, 1.807) is 24.3 Å². The van der Waals surface area contributed by atoms with Crippen molar-refractivity contribution in [3.63, 3.8) is 0 Å². The number of hydrogen-bond acceptors (Lipinski definition) is 2. The van der Waals surface area contributed by atoms with Crippen molar-refractivity contribution in [2.75, 3.05) is 0 Å². The molecular weight excluding hydrogens is 532 g/mol. The van der Waals surface area contributed by atoms with Gasteiger partial charge in [0.1, 0.15) is 21.4 Å². The maximum atomic E-state index is 14.9. The van der Waals surface area contributed by atoms with E-state index in [0.29, 0.717) is 32.3 Å². The molecule has 168 valence electrons. The molecule has 0 aliphatic carbocycles. The minimum atomic E-state index is -4.49. The molecule has 4 rings (SSSR count). The predicted octanol–water partition coefficient (Wildman–Crippen LogP) is 8.75. The highest BCUT2D eigenvalue weighted by Crippen LogP contribution is 2.35. The Balaban J connectivity index is 1.74. The van der Waals surface area contributed by atoms with Crippen LogP contribution in [0.4, 0.5) is 8.78 Å². The molecule has 0 amide bonds. The minimum Gasteiger partial charge on any atom is -0.218 e. The van der Waals surface area contributed by atoms with E-state index in [-0.39, 0.29) is 10.0 Å². The van der Waals surface area contributed by atoms with Gasteiger partial charge in [0, 0.05) is 31.2 Å². The van der Waals surface area contributed by atoms with Crippen LogP contribution in [-0.4, -0.2) is 8.42 Å². The molecule has 0 aliphatic rings. The van der Waals surface area contributed by atoms with Crippen LogP contribution in [0, 0.1) is 11.6 Å². The van der Waals surface area contributed by atoms with Gasteiger partial charge >= 0.3 is 0 Å². The van der Waals surface area contributed by atoms with Crippen LogP contribution in [0.1, 0.15) is 0 Å². The summed E-state index contributed by atoms with van der Waals surface area (Å²) < 4.78 is 55.8. The van der Waals surface area contributed by atoms with E-state index < -0.39 is 31.3 Å². The molecule has 0 radical (unpaired) electrons. The molecule has 0 aliphatic heterocycles. The molecule has 0 bridgehead atoms. The number of benzene rings is 4. The predicted molar refractivity (Wildman–Crippen MR) is 129 cm³/mol. The fourth-order valence-corrected chi connectivity index (χ4v) is 5.74. The third-order valence-electron chi connectivity index (χ3n) is 4.93. The van der Waals surface area contributed by atoms with E-state index in [4.69, 9.17) is 46.4 Å². The Kier molecular flexibility index (Phi) is 6.72. The Hall–Kier alpha value is -2.15. The molecular formula is C24H12Cl4F2O2S. The first kappa shape index (κ1) is 24.0. The smallest absolute Gasteiger partial charge is 0.212 e. The van der Waals surface area contributed by atoms with Gasteiger partial charge in [-0.15, -0.1) is 0 Å². The van der Waals surface area contributed by atoms with E-state index in [1.165, 1.54) is 24.3 Å². The topological polar surface area (TPSA) is 34.1 Å². The lowest BCUT2D eigenvalue weighted by atomic mass is 10.1. The zero-order valence-corrected chi connectivity index (χ0v) is 20.3. The Bertz CT molecular complexity index is 1400. The molecule has 0 saturated carbocycles. The highest BCUT2D eigenvalue weighted by molar-refractivity contribution is 7.91. The summed E-state index contributed by atoms with van der Waals surface area (Å²) in [5.41, 5.74) is 1.64. The quantitative estimate of drug-likeness (QED) is 0.258. The maximum absolute atomic E-state index is 14.9. The van der Waals surface area contributed by atoms with Gasteiger partial charge in [0.25, 0.3) is 0 Å². The van der Waals surface area contributed by atoms with Gasteiger partial charge in [0.2, 0.25) is 9.84 Å². The second-order valence-corrected chi connectivity index (χ2v) is 10.6. The highest BCUT2D eigenvalue weighted by Gasteiger charge is 2.26. The van der Waals surface area contributed by atoms with Crippen molar-refractivity contribution in [3.8, 4) is 22.3 Å². The van der Waals surface area contributed by atoms with E-state index >= 15 is 0 Å². The summed E-state index contributed by atoms with van der Waals surface area (Å²) in [6.45, 7) is 0. The van der Waals surface area contributed by atoms with Crippen LogP contribution in [0.15, 0.2) is 82.6 Å². The van der Waals surface area contributed by atoms with Crippen molar-refractivity contribution in [2.45, 2.75) is 9.79 Å². The van der Waals surface area contributed by atoms with Gasteiger partial charge in [0.05, 0.1) is 0 Å². The van der Waals surface area contributed by atoms with Crippen LogP contribution in [-0.2, 0) is 9.84 Å². The molecule has 0 heterocycles. The zero-order valence-electron chi connectivity index (χ0n) is 16.4. The lowest BCUT2D eigenvalue weighted by molar-refractivity contribution is 0.552. The Morgan fingerprint density at radius 3 is 1.27 bits per heavy atom. The summed E-state index contributed by atoms with van der Waals surface area (Å²) in [6, 6.07) is 16.3. The van der Waals surface area contributed by atoms with Crippen LogP contribution in [0.25, 0.3) is 22.3 Å². The van der Waals surface area contributed by atoms with Gasteiger partial charge in [-0.1, -0.05) is 70.7 Å². The molecule has 0 fully saturated rings. The van der Waals surface area contributed by atoms with Crippen molar-refractivity contribution < 1.29 is 17.2 Å². The van der Waals surface area contributed by atoms with Crippen molar-refractivity contribution in [3.05, 3.63) is 105 Å². The fourth-order valence-electron chi connectivity index (χ4n) is 3.34. The largest absolute Gasteiger partial charge is 0.218 e. The zero-order chi connectivity index (χ0) is 23.9. The number of rotatable bonds is 4. The molecule has 9 heteroatoms. The van der Waals surface area contributed by atoms with Gasteiger partial charge in [-0.25, -0.2) is 17.2 Å². The third kappa shape index (κ3) is 4.75. The first-order valence-electron chi connectivity index (χ1n) is 9.33. The third-order valence-corrected chi connectivity index (χ3v) is 7.84. The average Bonchev–Trinajstić information content (AvgIpc) is 2.73. The second-order valence-electron chi connectivity index (χ2n) is 7.04. The summed E-state index contributed by atoms with van der Waals surface area (Å²) >= 11 is 24.1. The summed E-state index contributed by atoms with van der Waals surface area (Å²) in [5.74, 6) is -2.08. The molecule has 4 aromatic rings. The van der Waals surface area contributed by atoms with Crippen LogP contribution in [0.3, 0.4) is 0 Å². The summed E-state index contributed by atoms with van der Waals surface area (Å²) in [4.78, 5) is -1.32. The summed E-state index contributed by atoms with van der Waals surface area (Å²) in [5, 5.41) is 1.37. The summed E-state index contributed by atoms with van der Waals surface area (Å²) in [7, 11) is -4.49. The van der Waals surface area contributed by atoms with E-state index in [1.807, 2.05) is 0 Å². The maximum Gasteiger partial charge on any atom is 0.212 e. The second kappa shape index (κ2) is 9.24. The highest BCUT2D eigenvalue weighted by atomic mass is 35.5. The van der Waals surface area contributed by atoms with Crippen LogP contribution >= 0.6 is 46.4 Å². The van der Waals surface area contributed by atoms with E-state index in [9.17, 15) is 17.2 Å². The molecule has 0 aromatic heterocycles. The van der Waals surface area contributed by atoms with Gasteiger partial charge in [0.15, 0.2) is 0 Å². The van der Waals surface area contributed by atoms with Crippen molar-refractivity contribution in [1.29, 1.82) is 0 Å². The molecule has 0 unspecified atom stereocenters. The van der Waals surface area contributed by atoms with Gasteiger partial charge in [-0.05, 0) is 59.7 Å². The Morgan fingerprint density at radius 2 is 0.939 bits per heavy atom. The molecule has 4 aromatic carbocycles. The van der Waals surface area contributed by atoms with Gasteiger partial charge in [-0.3, -0.25) is 0 Å². The van der Waals surface area contributed by atoms with E-state index in [0.717, 1.165) is 24.3 Å². The number of hydrogen-bond donors (Lipinski definition) is 0. The lowest BCUT2D eigenvalue weighted by Crippen LogP contribution is -2.07. The van der Waals surface area contributed by atoms with Crippen molar-refractivity contribution >= 4 is 56.2 Å². The van der Waals surface area contributed by atoms with E-state index in [2.05, 4.69) is 0 Å². The normalized spacial score (nSPS) is 11.6. The molecule has 0 spiro atoms. The minimum absolute atomic E-state index is 0.278. The monoisotopic (exact) mass is 542 g/mol. The lowest BCUT2D eigenvalue weighted by Gasteiger charge is -2.11. The Morgan fingerprint density at radius 1 is 0.545 bits per heavy atom. The molecule has 0 saturated heterocycles. The molecule has 0 atom stereocenters. The Labute approximate surface area is 209 Å². The standard InChI is InChI=1S/C24H12Cl4F2O2S/c25-15-3-5-17(19(27)11-15)13-1-7-23(21(29)9-13)33(31,32)24-8-2-14(10-22(24)30)18-6-4-16(26)12-20(18)28/h1-12H. The van der Waals surface area contributed by atoms with Crippen molar-refractivity contribution in [2.24, 2.45) is 0 Å². The molecule has 2 nitrogen and oxygen atoms in total. The molecule has 33 heavy (non-hydrogen) atoms. The summed E-state index contributed by atoms with van der Waals surface area (Å²) in [6.07, 6.45) is 0. The fraction of sp³-hybridized carbons (Fsp3) is 0. The first-order valence-corrected chi connectivity index (χ1v) is 12.3. The first-order chi connectivity index (χ1) is 15.6. The van der Waals surface area contributed by atoms with Crippen LogP contribution in [0.5, 0.6) is 0 Å². The van der Waals surface area contributed by atoms with Gasteiger partial charge < -0.3 is 0 Å².